The number of carboxylic acid groups (broad SMARTS) is 1. The highest BCUT2D eigenvalue weighted by molar-refractivity contribution is 7.93. The van der Waals surface area contributed by atoms with E-state index in [0.29, 0.717) is 5.69 Å². The number of hydrogen-bond acceptors (Lipinski definition) is 4. The van der Waals surface area contributed by atoms with Crippen LogP contribution < -0.4 is 5.32 Å². The quantitative estimate of drug-likeness (QED) is 0.822. The first kappa shape index (κ1) is 16.2. The molecule has 0 aliphatic carbocycles. The molecule has 0 fully saturated rings. The van der Waals surface area contributed by atoms with Gasteiger partial charge in [0.25, 0.3) is 0 Å². The van der Waals surface area contributed by atoms with Crippen LogP contribution in [0.15, 0.2) is 24.3 Å². The zero-order valence-electron chi connectivity index (χ0n) is 11.3. The molecule has 0 heterocycles. The van der Waals surface area contributed by atoms with Gasteiger partial charge in [0.1, 0.15) is 5.75 Å². The van der Waals surface area contributed by atoms with E-state index in [1.165, 1.54) is 6.92 Å². The third-order valence-electron chi connectivity index (χ3n) is 2.75. The van der Waals surface area contributed by atoms with Gasteiger partial charge >= 0.3 is 5.97 Å². The summed E-state index contributed by atoms with van der Waals surface area (Å²) in [5.41, 5.74) is 1.48. The second-order valence-electron chi connectivity index (χ2n) is 4.46. The normalized spacial score (nSPS) is 12.7. The number of aryl methyl sites for hydroxylation is 1. The fourth-order valence-corrected chi connectivity index (χ4v) is 3.15. The van der Waals surface area contributed by atoms with Gasteiger partial charge in [-0.05, 0) is 25.5 Å². The summed E-state index contributed by atoms with van der Waals surface area (Å²) >= 11 is 0. The summed E-state index contributed by atoms with van der Waals surface area (Å²) in [5.74, 6) is -3.02. The van der Waals surface area contributed by atoms with Crippen molar-refractivity contribution in [2.24, 2.45) is 0 Å². The average molecular weight is 299 g/mol. The van der Waals surface area contributed by atoms with Gasteiger partial charge in [0.15, 0.2) is 15.1 Å². The number of aliphatic carboxylic acids is 1. The van der Waals surface area contributed by atoms with Gasteiger partial charge < -0.3 is 10.4 Å². The predicted molar refractivity (Wildman–Crippen MR) is 75.3 cm³/mol. The second kappa shape index (κ2) is 6.51. The highest BCUT2D eigenvalue weighted by atomic mass is 32.2. The minimum atomic E-state index is -4.01. The van der Waals surface area contributed by atoms with Crippen LogP contribution in [0.25, 0.3) is 0 Å². The standard InChI is InChI=1S/C13H17NO5S/c1-3-11(13(16)17)20(18,19)8-12(15)14-10-6-4-9(2)5-7-10/h4-7,11H,3,8H2,1-2H3,(H,14,15)(H,16,17). The molecule has 2 N–H and O–H groups in total. The molecule has 110 valence electrons. The fraction of sp³-hybridized carbons (Fsp3) is 0.385. The second-order valence-corrected chi connectivity index (χ2v) is 6.64. The van der Waals surface area contributed by atoms with Crippen molar-refractivity contribution in [2.75, 3.05) is 11.1 Å². The number of carbonyl (C=O) groups excluding carboxylic acids is 1. The average Bonchev–Trinajstić information content (AvgIpc) is 2.31. The molecule has 1 atom stereocenters. The summed E-state index contributed by atoms with van der Waals surface area (Å²) in [7, 11) is -4.01. The van der Waals surface area contributed by atoms with Crippen molar-refractivity contribution in [1.29, 1.82) is 0 Å². The van der Waals surface area contributed by atoms with Crippen molar-refractivity contribution in [3.05, 3.63) is 29.8 Å². The first-order chi connectivity index (χ1) is 9.26. The van der Waals surface area contributed by atoms with Gasteiger partial charge in [-0.25, -0.2) is 8.42 Å². The minimum absolute atomic E-state index is 0.0739. The van der Waals surface area contributed by atoms with Crippen LogP contribution in [0.5, 0.6) is 0 Å². The molecule has 1 rings (SSSR count). The van der Waals surface area contributed by atoms with E-state index in [0.717, 1.165) is 5.56 Å². The maximum Gasteiger partial charge on any atom is 0.321 e. The van der Waals surface area contributed by atoms with Crippen molar-refractivity contribution in [3.8, 4) is 0 Å². The Balaban J connectivity index is 2.75. The highest BCUT2D eigenvalue weighted by Gasteiger charge is 2.32. The van der Waals surface area contributed by atoms with Crippen LogP contribution in [-0.4, -0.2) is 36.4 Å². The molecular formula is C13H17NO5S. The Morgan fingerprint density at radius 2 is 1.80 bits per heavy atom. The van der Waals surface area contributed by atoms with Crippen LogP contribution in [0.2, 0.25) is 0 Å². The van der Waals surface area contributed by atoms with Crippen molar-refractivity contribution < 1.29 is 23.1 Å². The predicted octanol–water partition coefficient (Wildman–Crippen LogP) is 1.21. The molecule has 0 aliphatic rings. The number of sulfone groups is 1. The molecule has 20 heavy (non-hydrogen) atoms. The molecule has 7 heteroatoms. The lowest BCUT2D eigenvalue weighted by molar-refractivity contribution is -0.136. The van der Waals surface area contributed by atoms with E-state index in [1.807, 2.05) is 6.92 Å². The third-order valence-corrected chi connectivity index (χ3v) is 4.81. The van der Waals surface area contributed by atoms with Crippen LogP contribution in [0.4, 0.5) is 5.69 Å². The van der Waals surface area contributed by atoms with Crippen molar-refractivity contribution in [3.63, 3.8) is 0 Å². The van der Waals surface area contributed by atoms with Gasteiger partial charge in [-0.1, -0.05) is 24.6 Å². The first-order valence-electron chi connectivity index (χ1n) is 6.07. The number of rotatable bonds is 6. The molecule has 0 aromatic heterocycles. The Kier molecular flexibility index (Phi) is 5.26. The van der Waals surface area contributed by atoms with E-state index in [2.05, 4.69) is 5.32 Å². The molecule has 0 aliphatic heterocycles. The Bertz CT molecular complexity index is 592. The van der Waals surface area contributed by atoms with E-state index < -0.39 is 32.7 Å². The lowest BCUT2D eigenvalue weighted by atomic mass is 10.2. The maximum absolute atomic E-state index is 11.8. The van der Waals surface area contributed by atoms with Crippen LogP contribution in [0.3, 0.4) is 0 Å². The van der Waals surface area contributed by atoms with Gasteiger partial charge in [0.05, 0.1) is 0 Å². The fourth-order valence-electron chi connectivity index (χ4n) is 1.70. The van der Waals surface area contributed by atoms with Crippen LogP contribution in [-0.2, 0) is 19.4 Å². The van der Waals surface area contributed by atoms with Gasteiger partial charge in [0, 0.05) is 5.69 Å². The van der Waals surface area contributed by atoms with Gasteiger partial charge in [-0.15, -0.1) is 0 Å². The largest absolute Gasteiger partial charge is 0.480 e. The Morgan fingerprint density at radius 1 is 1.25 bits per heavy atom. The number of amides is 1. The maximum atomic E-state index is 11.8. The van der Waals surface area contributed by atoms with Gasteiger partial charge in [-0.2, -0.15) is 0 Å². The summed E-state index contributed by atoms with van der Waals surface area (Å²) in [5, 5.41) is 9.71. The summed E-state index contributed by atoms with van der Waals surface area (Å²) in [6.45, 7) is 3.34. The molecule has 0 spiro atoms. The SMILES string of the molecule is CCC(C(=O)O)S(=O)(=O)CC(=O)Nc1ccc(C)cc1. The molecule has 1 amide bonds. The monoisotopic (exact) mass is 299 g/mol. The summed E-state index contributed by atoms with van der Waals surface area (Å²) < 4.78 is 23.6. The van der Waals surface area contributed by atoms with E-state index >= 15 is 0 Å². The van der Waals surface area contributed by atoms with Crippen molar-refractivity contribution in [2.45, 2.75) is 25.5 Å². The lowest BCUT2D eigenvalue weighted by Crippen LogP contribution is -2.35. The van der Waals surface area contributed by atoms with E-state index in [1.54, 1.807) is 24.3 Å². The van der Waals surface area contributed by atoms with Gasteiger partial charge in [-0.3, -0.25) is 9.59 Å². The Morgan fingerprint density at radius 3 is 2.25 bits per heavy atom. The summed E-state index contributed by atoms with van der Waals surface area (Å²) in [4.78, 5) is 22.5. The molecule has 0 saturated carbocycles. The number of carboxylic acids is 1. The number of nitrogens with one attached hydrogen (secondary N) is 1. The molecule has 6 nitrogen and oxygen atoms in total. The molecule has 1 unspecified atom stereocenters. The van der Waals surface area contributed by atoms with Crippen molar-refractivity contribution in [1.82, 2.24) is 0 Å². The number of hydrogen-bond donors (Lipinski definition) is 2. The third kappa shape index (κ3) is 4.34. The molecule has 1 aromatic carbocycles. The minimum Gasteiger partial charge on any atom is -0.480 e. The zero-order valence-corrected chi connectivity index (χ0v) is 12.1. The molecule has 0 bridgehead atoms. The lowest BCUT2D eigenvalue weighted by Gasteiger charge is -2.11. The van der Waals surface area contributed by atoms with Crippen LogP contribution in [0.1, 0.15) is 18.9 Å². The number of anilines is 1. The van der Waals surface area contributed by atoms with Crippen LogP contribution in [0, 0.1) is 6.92 Å². The van der Waals surface area contributed by atoms with Crippen molar-refractivity contribution >= 4 is 27.4 Å². The first-order valence-corrected chi connectivity index (χ1v) is 7.78. The van der Waals surface area contributed by atoms with Gasteiger partial charge in [0.2, 0.25) is 5.91 Å². The molecule has 1 aromatic rings. The molecular weight excluding hydrogens is 282 g/mol. The Hall–Kier alpha value is -1.89. The van der Waals surface area contributed by atoms with E-state index in [-0.39, 0.29) is 6.42 Å². The Labute approximate surface area is 117 Å². The molecule has 0 saturated heterocycles. The summed E-state index contributed by atoms with van der Waals surface area (Å²) in [6.07, 6.45) is -0.0739. The summed E-state index contributed by atoms with van der Waals surface area (Å²) in [6, 6.07) is 6.84. The zero-order chi connectivity index (χ0) is 15.3. The number of benzene rings is 1. The van der Waals surface area contributed by atoms with Crippen LogP contribution >= 0.6 is 0 Å². The topological polar surface area (TPSA) is 101 Å². The molecule has 0 radical (unpaired) electrons. The highest BCUT2D eigenvalue weighted by Crippen LogP contribution is 2.11. The number of carbonyl (C=O) groups is 2. The van der Waals surface area contributed by atoms with E-state index in [4.69, 9.17) is 5.11 Å². The van der Waals surface area contributed by atoms with E-state index in [9.17, 15) is 18.0 Å². The smallest absolute Gasteiger partial charge is 0.321 e.